The molecule has 2 aromatic rings. The highest BCUT2D eigenvalue weighted by atomic mass is 35.5. The molecule has 1 aromatic heterocycles. The summed E-state index contributed by atoms with van der Waals surface area (Å²) in [5.41, 5.74) is 2.26. The lowest BCUT2D eigenvalue weighted by Crippen LogP contribution is -2.27. The van der Waals surface area contributed by atoms with Crippen molar-refractivity contribution in [1.29, 1.82) is 0 Å². The zero-order valence-corrected chi connectivity index (χ0v) is 14.2. The molecule has 0 atom stereocenters. The van der Waals surface area contributed by atoms with E-state index in [9.17, 15) is 4.79 Å². The van der Waals surface area contributed by atoms with Crippen molar-refractivity contribution in [1.82, 2.24) is 15.1 Å². The third-order valence-corrected chi connectivity index (χ3v) is 3.83. The van der Waals surface area contributed by atoms with Crippen LogP contribution in [0.4, 0.5) is 0 Å². The van der Waals surface area contributed by atoms with Gasteiger partial charge in [-0.25, -0.2) is 4.68 Å². The average Bonchev–Trinajstić information content (AvgIpc) is 2.99. The molecule has 124 valence electrons. The minimum atomic E-state index is -0.237. The van der Waals surface area contributed by atoms with E-state index < -0.39 is 0 Å². The second-order valence-corrected chi connectivity index (χ2v) is 5.51. The Hall–Kier alpha value is -2.05. The van der Waals surface area contributed by atoms with Crippen LogP contribution in [-0.4, -0.2) is 35.9 Å². The fourth-order valence-electron chi connectivity index (χ4n) is 2.04. The van der Waals surface area contributed by atoms with E-state index in [1.807, 2.05) is 26.0 Å². The van der Waals surface area contributed by atoms with E-state index in [0.717, 1.165) is 16.1 Å². The molecule has 0 aliphatic carbocycles. The Bertz CT molecular complexity index is 662. The molecule has 0 bridgehead atoms. The number of rotatable bonds is 7. The zero-order valence-electron chi connectivity index (χ0n) is 13.4. The number of amides is 1. The third kappa shape index (κ3) is 4.71. The molecule has 1 N–H and O–H groups in total. The molecule has 7 heteroatoms. The second-order valence-electron chi connectivity index (χ2n) is 5.13. The molecule has 2 rings (SSSR count). The topological polar surface area (TPSA) is 65.4 Å². The summed E-state index contributed by atoms with van der Waals surface area (Å²) in [4.78, 5) is 11.8. The molecule has 0 aliphatic rings. The lowest BCUT2D eigenvalue weighted by molar-refractivity contribution is 0.0930. The normalized spacial score (nSPS) is 10.6. The fraction of sp³-hybridized carbons (Fsp3) is 0.375. The van der Waals surface area contributed by atoms with Crippen molar-refractivity contribution in [2.24, 2.45) is 0 Å². The number of carbonyl (C=O) groups is 1. The Morgan fingerprint density at radius 1 is 1.35 bits per heavy atom. The van der Waals surface area contributed by atoms with Gasteiger partial charge in [-0.05, 0) is 43.2 Å². The predicted octanol–water partition coefficient (Wildman–Crippen LogP) is 2.57. The average molecular weight is 338 g/mol. The second kappa shape index (κ2) is 7.99. The number of methoxy groups -OCH3 is 1. The van der Waals surface area contributed by atoms with Gasteiger partial charge in [0.15, 0.2) is 6.73 Å². The van der Waals surface area contributed by atoms with E-state index in [2.05, 4.69) is 10.4 Å². The molecule has 23 heavy (non-hydrogen) atoms. The Kier molecular flexibility index (Phi) is 6.01. The van der Waals surface area contributed by atoms with Crippen molar-refractivity contribution < 1.29 is 14.3 Å². The van der Waals surface area contributed by atoms with E-state index in [1.54, 1.807) is 24.1 Å². The van der Waals surface area contributed by atoms with Crippen LogP contribution in [0.2, 0.25) is 5.02 Å². The summed E-state index contributed by atoms with van der Waals surface area (Å²) in [6, 6.07) is 5.39. The van der Waals surface area contributed by atoms with E-state index in [0.29, 0.717) is 24.6 Å². The maximum atomic E-state index is 11.8. The monoisotopic (exact) mass is 337 g/mol. The van der Waals surface area contributed by atoms with E-state index in [-0.39, 0.29) is 12.6 Å². The molecule has 0 spiro atoms. The lowest BCUT2D eigenvalue weighted by Gasteiger charge is -2.10. The van der Waals surface area contributed by atoms with Crippen molar-refractivity contribution >= 4 is 17.5 Å². The van der Waals surface area contributed by atoms with Crippen LogP contribution in [0.15, 0.2) is 24.4 Å². The molecule has 0 unspecified atom stereocenters. The predicted molar refractivity (Wildman–Crippen MR) is 88.0 cm³/mol. The van der Waals surface area contributed by atoms with Crippen molar-refractivity contribution in [2.75, 3.05) is 20.3 Å². The summed E-state index contributed by atoms with van der Waals surface area (Å²) >= 11 is 6.13. The number of ether oxygens (including phenoxy) is 2. The standard InChI is InChI=1S/C16H20ClN3O3/c1-11-8-13(9-12(2)15(11)17)23-10-20-6-4-14(19-20)16(21)18-5-7-22-3/h4,6,8-9H,5,7,10H2,1-3H3,(H,18,21). The van der Waals surface area contributed by atoms with Gasteiger partial charge >= 0.3 is 0 Å². The summed E-state index contributed by atoms with van der Waals surface area (Å²) in [5, 5.41) is 7.63. The summed E-state index contributed by atoms with van der Waals surface area (Å²) in [7, 11) is 1.58. The number of nitrogens with one attached hydrogen (secondary N) is 1. The molecule has 1 heterocycles. The quantitative estimate of drug-likeness (QED) is 0.789. The van der Waals surface area contributed by atoms with E-state index >= 15 is 0 Å². The van der Waals surface area contributed by atoms with Gasteiger partial charge in [0.25, 0.3) is 5.91 Å². The summed E-state index contributed by atoms with van der Waals surface area (Å²) < 4.78 is 12.1. The third-order valence-electron chi connectivity index (χ3n) is 3.24. The van der Waals surface area contributed by atoms with Crippen molar-refractivity contribution in [3.05, 3.63) is 46.2 Å². The zero-order chi connectivity index (χ0) is 16.8. The van der Waals surface area contributed by atoms with Gasteiger partial charge in [0.1, 0.15) is 11.4 Å². The minimum absolute atomic E-state index is 0.214. The van der Waals surface area contributed by atoms with Gasteiger partial charge in [-0.2, -0.15) is 5.10 Å². The number of aromatic nitrogens is 2. The number of aryl methyl sites for hydroxylation is 2. The largest absolute Gasteiger partial charge is 0.471 e. The first kappa shape index (κ1) is 17.3. The number of hydrogen-bond donors (Lipinski definition) is 1. The Balaban J connectivity index is 1.93. The summed E-state index contributed by atoms with van der Waals surface area (Å²) in [5.74, 6) is 0.477. The van der Waals surface area contributed by atoms with Crippen LogP contribution in [0.5, 0.6) is 5.75 Å². The van der Waals surface area contributed by atoms with E-state index in [1.165, 1.54) is 0 Å². The van der Waals surface area contributed by atoms with Crippen LogP contribution in [0, 0.1) is 13.8 Å². The maximum absolute atomic E-state index is 11.8. The summed E-state index contributed by atoms with van der Waals surface area (Å²) in [6.45, 7) is 4.98. The van der Waals surface area contributed by atoms with Gasteiger partial charge in [0, 0.05) is 24.9 Å². The minimum Gasteiger partial charge on any atom is -0.471 e. The highest BCUT2D eigenvalue weighted by Gasteiger charge is 2.09. The van der Waals surface area contributed by atoms with Gasteiger partial charge in [-0.15, -0.1) is 0 Å². The smallest absolute Gasteiger partial charge is 0.271 e. The first-order valence-electron chi connectivity index (χ1n) is 7.21. The lowest BCUT2D eigenvalue weighted by atomic mass is 10.1. The molecule has 6 nitrogen and oxygen atoms in total. The van der Waals surface area contributed by atoms with E-state index in [4.69, 9.17) is 21.1 Å². The van der Waals surface area contributed by atoms with Crippen molar-refractivity contribution in [2.45, 2.75) is 20.6 Å². The molecule has 1 amide bonds. The van der Waals surface area contributed by atoms with Crippen LogP contribution < -0.4 is 10.1 Å². The first-order chi connectivity index (χ1) is 11.0. The van der Waals surface area contributed by atoms with Crippen LogP contribution in [0.25, 0.3) is 0 Å². The summed E-state index contributed by atoms with van der Waals surface area (Å²) in [6.07, 6.45) is 1.70. The molecular formula is C16H20ClN3O3. The van der Waals surface area contributed by atoms with Crippen LogP contribution in [0.3, 0.4) is 0 Å². The molecular weight excluding hydrogens is 318 g/mol. The fourth-order valence-corrected chi connectivity index (χ4v) is 2.15. The van der Waals surface area contributed by atoms with Gasteiger partial charge in [0.2, 0.25) is 0 Å². The van der Waals surface area contributed by atoms with Gasteiger partial charge in [-0.1, -0.05) is 11.6 Å². The molecule has 1 aromatic carbocycles. The number of carbonyl (C=O) groups excluding carboxylic acids is 1. The van der Waals surface area contributed by atoms with Crippen LogP contribution >= 0.6 is 11.6 Å². The van der Waals surface area contributed by atoms with Crippen LogP contribution in [0.1, 0.15) is 21.6 Å². The Labute approximate surface area is 140 Å². The van der Waals surface area contributed by atoms with Gasteiger partial charge in [0.05, 0.1) is 6.61 Å². The molecule has 0 aliphatic heterocycles. The maximum Gasteiger partial charge on any atom is 0.271 e. The van der Waals surface area contributed by atoms with Crippen LogP contribution in [-0.2, 0) is 11.5 Å². The number of hydrogen-bond acceptors (Lipinski definition) is 4. The SMILES string of the molecule is COCCNC(=O)c1ccn(COc2cc(C)c(Cl)c(C)c2)n1. The molecule has 0 radical (unpaired) electrons. The Morgan fingerprint density at radius 3 is 2.70 bits per heavy atom. The number of benzene rings is 1. The Morgan fingerprint density at radius 2 is 2.04 bits per heavy atom. The van der Waals surface area contributed by atoms with Crippen molar-refractivity contribution in [3.63, 3.8) is 0 Å². The van der Waals surface area contributed by atoms with Crippen molar-refractivity contribution in [3.8, 4) is 5.75 Å². The molecule has 0 saturated carbocycles. The number of halogens is 1. The van der Waals surface area contributed by atoms with Gasteiger partial charge < -0.3 is 14.8 Å². The van der Waals surface area contributed by atoms with Gasteiger partial charge in [-0.3, -0.25) is 4.79 Å². The molecule has 0 saturated heterocycles. The highest BCUT2D eigenvalue weighted by molar-refractivity contribution is 6.32. The molecule has 0 fully saturated rings. The number of nitrogens with zero attached hydrogens (tertiary/aromatic N) is 2. The highest BCUT2D eigenvalue weighted by Crippen LogP contribution is 2.25. The first-order valence-corrected chi connectivity index (χ1v) is 7.59.